The van der Waals surface area contributed by atoms with Crippen LogP contribution in [-0.4, -0.2) is 40.9 Å². The van der Waals surface area contributed by atoms with E-state index in [1.54, 1.807) is 14.2 Å². The van der Waals surface area contributed by atoms with Crippen molar-refractivity contribution in [2.75, 3.05) is 26.1 Å². The Morgan fingerprint density at radius 1 is 0.824 bits per heavy atom. The predicted molar refractivity (Wildman–Crippen MR) is 130 cm³/mol. The average Bonchev–Trinajstić information content (AvgIpc) is 3.40. The monoisotopic (exact) mass is 453 g/mol. The van der Waals surface area contributed by atoms with Gasteiger partial charge in [0.15, 0.2) is 0 Å². The molecule has 8 nitrogen and oxygen atoms in total. The molecular weight excluding hydrogens is 430 g/mol. The van der Waals surface area contributed by atoms with Gasteiger partial charge < -0.3 is 19.2 Å². The van der Waals surface area contributed by atoms with E-state index < -0.39 is 0 Å². The Labute approximate surface area is 196 Å². The van der Waals surface area contributed by atoms with Gasteiger partial charge in [-0.25, -0.2) is 9.97 Å². The molecule has 0 spiro atoms. The smallest absolute Gasteiger partial charge is 0.286 e. The molecule has 2 heterocycles. The van der Waals surface area contributed by atoms with E-state index in [0.717, 1.165) is 39.9 Å². The van der Waals surface area contributed by atoms with Crippen LogP contribution in [0.1, 0.15) is 5.56 Å². The summed E-state index contributed by atoms with van der Waals surface area (Å²) in [7, 11) is 3.30. The largest absolute Gasteiger partial charge is 0.497 e. The fourth-order valence-electron chi connectivity index (χ4n) is 3.69. The highest BCUT2D eigenvalue weighted by atomic mass is 16.5. The molecule has 0 saturated carbocycles. The van der Waals surface area contributed by atoms with Crippen LogP contribution in [0.15, 0.2) is 77.2 Å². The normalized spacial score (nSPS) is 10.9. The van der Waals surface area contributed by atoms with Gasteiger partial charge in [-0.3, -0.25) is 0 Å². The summed E-state index contributed by atoms with van der Waals surface area (Å²) in [5.74, 6) is 3.31. The molecule has 0 aliphatic carbocycles. The Kier molecular flexibility index (Phi) is 6.03. The van der Waals surface area contributed by atoms with Crippen molar-refractivity contribution in [1.82, 2.24) is 20.2 Å². The molecule has 5 aromatic rings. The van der Waals surface area contributed by atoms with Crippen molar-refractivity contribution in [3.8, 4) is 34.7 Å². The van der Waals surface area contributed by atoms with Crippen LogP contribution in [0.25, 0.3) is 34.1 Å². The summed E-state index contributed by atoms with van der Waals surface area (Å²) in [6, 6.07) is 23.3. The number of fused-ring (bicyclic) bond motifs is 1. The van der Waals surface area contributed by atoms with Crippen LogP contribution in [0.5, 0.6) is 11.5 Å². The molecule has 1 N–H and O–H groups in total. The van der Waals surface area contributed by atoms with Gasteiger partial charge in [-0.15, -0.1) is 10.2 Å². The van der Waals surface area contributed by atoms with E-state index in [2.05, 4.69) is 20.5 Å². The molecule has 0 atom stereocenters. The van der Waals surface area contributed by atoms with Crippen LogP contribution in [0.3, 0.4) is 0 Å². The Balaban J connectivity index is 1.41. The highest BCUT2D eigenvalue weighted by molar-refractivity contribution is 5.90. The molecule has 0 bridgehead atoms. The quantitative estimate of drug-likeness (QED) is 0.350. The van der Waals surface area contributed by atoms with Gasteiger partial charge in [-0.1, -0.05) is 36.4 Å². The summed E-state index contributed by atoms with van der Waals surface area (Å²) in [5, 5.41) is 12.7. The molecular formula is C26H23N5O3. The Hall–Kier alpha value is -4.46. The van der Waals surface area contributed by atoms with E-state index in [9.17, 15) is 0 Å². The molecule has 3 aromatic carbocycles. The third kappa shape index (κ3) is 4.38. The van der Waals surface area contributed by atoms with Crippen LogP contribution < -0.4 is 14.8 Å². The van der Waals surface area contributed by atoms with Crippen LogP contribution in [0.2, 0.25) is 0 Å². The zero-order chi connectivity index (χ0) is 23.3. The van der Waals surface area contributed by atoms with Crippen LogP contribution in [0, 0.1) is 0 Å². The maximum atomic E-state index is 5.88. The fourth-order valence-corrected chi connectivity index (χ4v) is 3.69. The van der Waals surface area contributed by atoms with Gasteiger partial charge in [0.2, 0.25) is 11.7 Å². The summed E-state index contributed by atoms with van der Waals surface area (Å²) in [6.45, 7) is 0.641. The summed E-state index contributed by atoms with van der Waals surface area (Å²) >= 11 is 0. The van der Waals surface area contributed by atoms with Gasteiger partial charge in [0.25, 0.3) is 5.89 Å². The lowest BCUT2D eigenvalue weighted by Gasteiger charge is -2.12. The first-order valence-corrected chi connectivity index (χ1v) is 10.9. The van der Waals surface area contributed by atoms with E-state index in [4.69, 9.17) is 18.9 Å². The Bertz CT molecular complexity index is 1420. The number of rotatable bonds is 8. The second-order valence-electron chi connectivity index (χ2n) is 7.55. The van der Waals surface area contributed by atoms with Gasteiger partial charge in [-0.2, -0.15) is 0 Å². The Morgan fingerprint density at radius 3 is 2.44 bits per heavy atom. The first-order chi connectivity index (χ1) is 16.7. The minimum Gasteiger partial charge on any atom is -0.497 e. The Morgan fingerprint density at radius 2 is 1.62 bits per heavy atom. The minimum absolute atomic E-state index is 0.268. The van der Waals surface area contributed by atoms with E-state index in [1.165, 1.54) is 0 Å². The maximum absolute atomic E-state index is 5.88. The number of hydrogen-bond acceptors (Lipinski definition) is 8. The zero-order valence-electron chi connectivity index (χ0n) is 18.9. The number of hydrogen-bond donors (Lipinski definition) is 1. The first-order valence-electron chi connectivity index (χ1n) is 10.9. The predicted octanol–water partition coefficient (Wildman–Crippen LogP) is 5.02. The van der Waals surface area contributed by atoms with Crippen molar-refractivity contribution in [2.45, 2.75) is 6.42 Å². The lowest BCUT2D eigenvalue weighted by molar-refractivity contribution is 0.391. The lowest BCUT2D eigenvalue weighted by atomic mass is 10.1. The highest BCUT2D eigenvalue weighted by Crippen LogP contribution is 2.28. The number of para-hydroxylation sites is 1. The molecule has 0 fully saturated rings. The van der Waals surface area contributed by atoms with E-state index in [0.29, 0.717) is 24.1 Å². The van der Waals surface area contributed by atoms with Crippen molar-refractivity contribution in [3.05, 3.63) is 78.4 Å². The van der Waals surface area contributed by atoms with Crippen LogP contribution in [-0.2, 0) is 6.42 Å². The average molecular weight is 454 g/mol. The molecule has 0 aliphatic rings. The third-order valence-electron chi connectivity index (χ3n) is 5.42. The number of aromatic nitrogens is 4. The molecule has 8 heteroatoms. The van der Waals surface area contributed by atoms with Gasteiger partial charge in [0.05, 0.1) is 19.7 Å². The number of nitrogens with zero attached hydrogens (tertiary/aromatic N) is 4. The van der Waals surface area contributed by atoms with Gasteiger partial charge in [0.1, 0.15) is 17.3 Å². The molecule has 0 radical (unpaired) electrons. The summed E-state index contributed by atoms with van der Waals surface area (Å²) in [5.41, 5.74) is 2.70. The number of anilines is 1. The molecule has 34 heavy (non-hydrogen) atoms. The summed E-state index contributed by atoms with van der Waals surface area (Å²) in [6.07, 6.45) is 0.736. The number of ether oxygens (including phenoxy) is 2. The molecule has 0 unspecified atom stereocenters. The van der Waals surface area contributed by atoms with Gasteiger partial charge in [0, 0.05) is 23.6 Å². The van der Waals surface area contributed by atoms with Crippen molar-refractivity contribution in [2.24, 2.45) is 0 Å². The van der Waals surface area contributed by atoms with Crippen molar-refractivity contribution >= 4 is 16.7 Å². The fraction of sp³-hybridized carbons (Fsp3) is 0.154. The second-order valence-corrected chi connectivity index (χ2v) is 7.55. The number of benzene rings is 3. The topological polar surface area (TPSA) is 95.2 Å². The highest BCUT2D eigenvalue weighted by Gasteiger charge is 2.16. The summed E-state index contributed by atoms with van der Waals surface area (Å²) in [4.78, 5) is 9.35. The molecule has 0 amide bonds. The van der Waals surface area contributed by atoms with Crippen molar-refractivity contribution < 1.29 is 13.9 Å². The van der Waals surface area contributed by atoms with Crippen molar-refractivity contribution in [1.29, 1.82) is 0 Å². The van der Waals surface area contributed by atoms with Crippen LogP contribution >= 0.6 is 0 Å². The van der Waals surface area contributed by atoms with Crippen molar-refractivity contribution in [3.63, 3.8) is 0 Å². The molecule has 0 aliphatic heterocycles. The SMILES string of the molecule is COc1ccc(CCNc2nc(-c3nnc(-c4ccccc4)o3)nc3ccccc23)c(OC)c1. The number of methoxy groups -OCH3 is 2. The van der Waals surface area contributed by atoms with E-state index in [-0.39, 0.29) is 5.89 Å². The molecule has 170 valence electrons. The maximum Gasteiger partial charge on any atom is 0.286 e. The third-order valence-corrected chi connectivity index (χ3v) is 5.42. The summed E-state index contributed by atoms with van der Waals surface area (Å²) < 4.78 is 16.7. The standard InChI is InChI=1S/C26H23N5O3/c1-32-19-13-12-17(22(16-19)33-2)14-15-27-23-20-10-6-7-11-21(20)28-24(29-23)26-31-30-25(34-26)18-8-4-3-5-9-18/h3-13,16H,14-15H2,1-2H3,(H,27,28,29). The van der Waals surface area contributed by atoms with Gasteiger partial charge >= 0.3 is 0 Å². The van der Waals surface area contributed by atoms with E-state index >= 15 is 0 Å². The molecule has 5 rings (SSSR count). The zero-order valence-corrected chi connectivity index (χ0v) is 18.9. The van der Waals surface area contributed by atoms with Crippen LogP contribution in [0.4, 0.5) is 5.82 Å². The second kappa shape index (κ2) is 9.58. The van der Waals surface area contributed by atoms with Gasteiger partial charge in [-0.05, 0) is 42.3 Å². The molecule has 2 aromatic heterocycles. The number of nitrogens with one attached hydrogen (secondary N) is 1. The molecule has 0 saturated heterocycles. The first kappa shape index (κ1) is 21.4. The van der Waals surface area contributed by atoms with E-state index in [1.807, 2.05) is 72.8 Å². The minimum atomic E-state index is 0.268. The lowest BCUT2D eigenvalue weighted by Crippen LogP contribution is -2.09.